The first kappa shape index (κ1) is 17.3. The molecule has 0 atom stereocenters. The molecule has 1 aromatic carbocycles. The first-order valence-corrected chi connectivity index (χ1v) is 9.23. The average Bonchev–Trinajstić information content (AvgIpc) is 3.26. The van der Waals surface area contributed by atoms with E-state index in [0.717, 1.165) is 25.3 Å². The molecule has 3 rings (SSSR count). The molecular formula is C18H23N6S+. The average molecular weight is 355 g/mol. The third-order valence-electron chi connectivity index (χ3n) is 4.27. The molecule has 25 heavy (non-hydrogen) atoms. The number of imidazole rings is 1. The number of likely N-dealkylation sites (N-methyl/N-ethyl adjacent to an activating group) is 1. The predicted molar refractivity (Wildman–Crippen MR) is 101 cm³/mol. The van der Waals surface area contributed by atoms with Crippen molar-refractivity contribution in [3.63, 3.8) is 0 Å². The number of aryl methyl sites for hydroxylation is 1. The number of aromatic nitrogens is 3. The summed E-state index contributed by atoms with van der Waals surface area (Å²) in [6, 6.07) is 8.19. The van der Waals surface area contributed by atoms with Gasteiger partial charge in [0.2, 0.25) is 5.13 Å². The molecule has 0 N–H and O–H groups in total. The zero-order chi connectivity index (χ0) is 17.6. The summed E-state index contributed by atoms with van der Waals surface area (Å²) in [6.07, 6.45) is 5.95. The molecule has 0 bridgehead atoms. The van der Waals surface area contributed by atoms with Gasteiger partial charge in [-0.15, -0.1) is 21.6 Å². The molecule has 2 aromatic heterocycles. The third-order valence-corrected chi connectivity index (χ3v) is 4.93. The largest absolute Gasteiger partial charge is 0.368 e. The van der Waals surface area contributed by atoms with Gasteiger partial charge in [-0.25, -0.2) is 14.1 Å². The second-order valence-corrected chi connectivity index (χ2v) is 6.63. The maximum absolute atomic E-state index is 4.23. The van der Waals surface area contributed by atoms with Crippen molar-refractivity contribution in [2.45, 2.75) is 20.4 Å². The van der Waals surface area contributed by atoms with Gasteiger partial charge in [-0.05, 0) is 31.2 Å². The van der Waals surface area contributed by atoms with Crippen LogP contribution in [0.25, 0.3) is 0 Å². The van der Waals surface area contributed by atoms with E-state index in [4.69, 9.17) is 0 Å². The van der Waals surface area contributed by atoms with E-state index in [0.29, 0.717) is 5.13 Å². The van der Waals surface area contributed by atoms with Crippen molar-refractivity contribution >= 4 is 27.8 Å². The fourth-order valence-electron chi connectivity index (χ4n) is 2.63. The Bertz CT molecular complexity index is 820. The van der Waals surface area contributed by atoms with Gasteiger partial charge < -0.3 is 4.90 Å². The van der Waals surface area contributed by atoms with Gasteiger partial charge in [0.15, 0.2) is 0 Å². The number of anilines is 1. The molecule has 0 amide bonds. The SMILES string of the molecule is CCN(CCn1cc[n+](C)c1C)c1ccc(/N=N/c2nccs2)cc1. The first-order chi connectivity index (χ1) is 12.2. The molecule has 0 saturated heterocycles. The summed E-state index contributed by atoms with van der Waals surface area (Å²) in [7, 11) is 2.07. The number of azo groups is 1. The van der Waals surface area contributed by atoms with Crippen molar-refractivity contribution in [3.05, 3.63) is 54.1 Å². The van der Waals surface area contributed by atoms with Crippen molar-refractivity contribution < 1.29 is 4.57 Å². The lowest BCUT2D eigenvalue weighted by atomic mass is 10.2. The van der Waals surface area contributed by atoms with E-state index in [9.17, 15) is 0 Å². The number of benzene rings is 1. The van der Waals surface area contributed by atoms with Crippen molar-refractivity contribution in [2.24, 2.45) is 17.3 Å². The van der Waals surface area contributed by atoms with Crippen molar-refractivity contribution in [2.75, 3.05) is 18.0 Å². The van der Waals surface area contributed by atoms with E-state index >= 15 is 0 Å². The molecule has 0 radical (unpaired) electrons. The Balaban J connectivity index is 1.63. The molecule has 0 aliphatic rings. The van der Waals surface area contributed by atoms with Crippen LogP contribution in [0.3, 0.4) is 0 Å². The zero-order valence-corrected chi connectivity index (χ0v) is 15.6. The molecule has 0 spiro atoms. The number of nitrogens with zero attached hydrogens (tertiary/aromatic N) is 6. The van der Waals surface area contributed by atoms with E-state index in [1.165, 1.54) is 22.8 Å². The van der Waals surface area contributed by atoms with Crippen LogP contribution < -0.4 is 9.47 Å². The highest BCUT2D eigenvalue weighted by Crippen LogP contribution is 2.23. The molecule has 0 aliphatic heterocycles. The monoisotopic (exact) mass is 355 g/mol. The van der Waals surface area contributed by atoms with Gasteiger partial charge in [0.05, 0.1) is 19.3 Å². The maximum atomic E-state index is 4.23. The predicted octanol–water partition coefficient (Wildman–Crippen LogP) is 4.02. The lowest BCUT2D eigenvalue weighted by molar-refractivity contribution is -0.677. The minimum absolute atomic E-state index is 0.675. The van der Waals surface area contributed by atoms with Crippen LogP contribution in [0.15, 0.2) is 58.5 Å². The van der Waals surface area contributed by atoms with E-state index in [-0.39, 0.29) is 0 Å². The summed E-state index contributed by atoms with van der Waals surface area (Å²) >= 11 is 1.48. The second kappa shape index (κ2) is 8.02. The van der Waals surface area contributed by atoms with E-state index in [1.54, 1.807) is 6.20 Å². The second-order valence-electron chi connectivity index (χ2n) is 5.76. The summed E-state index contributed by atoms with van der Waals surface area (Å²) in [5.74, 6) is 1.26. The topological polar surface area (TPSA) is 49.7 Å². The van der Waals surface area contributed by atoms with Gasteiger partial charge in [0.1, 0.15) is 18.9 Å². The molecule has 2 heterocycles. The fraction of sp³-hybridized carbons (Fsp3) is 0.333. The van der Waals surface area contributed by atoms with Crippen LogP contribution in [0.4, 0.5) is 16.5 Å². The van der Waals surface area contributed by atoms with E-state index in [2.05, 4.69) is 74.7 Å². The highest BCUT2D eigenvalue weighted by atomic mass is 32.1. The normalized spacial score (nSPS) is 11.3. The number of thiazole rings is 1. The Morgan fingerprint density at radius 2 is 2.04 bits per heavy atom. The molecule has 0 unspecified atom stereocenters. The summed E-state index contributed by atoms with van der Waals surface area (Å²) in [5.41, 5.74) is 2.04. The quantitative estimate of drug-likeness (QED) is 0.475. The van der Waals surface area contributed by atoms with Gasteiger partial charge in [-0.3, -0.25) is 0 Å². The summed E-state index contributed by atoms with van der Waals surface area (Å²) in [5, 5.41) is 10.9. The van der Waals surface area contributed by atoms with Crippen LogP contribution >= 0.6 is 11.3 Å². The molecule has 7 heteroatoms. The van der Waals surface area contributed by atoms with Crippen LogP contribution in [-0.2, 0) is 13.6 Å². The Hall–Kier alpha value is -2.54. The fourth-order valence-corrected chi connectivity index (χ4v) is 3.08. The Morgan fingerprint density at radius 1 is 1.24 bits per heavy atom. The molecular weight excluding hydrogens is 332 g/mol. The smallest absolute Gasteiger partial charge is 0.253 e. The molecule has 0 fully saturated rings. The van der Waals surface area contributed by atoms with Gasteiger partial charge in [-0.1, -0.05) is 0 Å². The van der Waals surface area contributed by atoms with Crippen molar-refractivity contribution in [1.29, 1.82) is 0 Å². The number of rotatable bonds is 7. The summed E-state index contributed by atoms with van der Waals surface area (Å²) < 4.78 is 4.41. The Morgan fingerprint density at radius 3 is 2.64 bits per heavy atom. The third kappa shape index (κ3) is 4.30. The molecule has 130 valence electrons. The first-order valence-electron chi connectivity index (χ1n) is 8.35. The molecule has 6 nitrogen and oxygen atoms in total. The van der Waals surface area contributed by atoms with Gasteiger partial charge >= 0.3 is 0 Å². The molecule has 3 aromatic rings. The van der Waals surface area contributed by atoms with Crippen LogP contribution in [-0.4, -0.2) is 22.6 Å². The van der Waals surface area contributed by atoms with Crippen molar-refractivity contribution in [3.8, 4) is 0 Å². The zero-order valence-electron chi connectivity index (χ0n) is 14.8. The Labute approximate surface area is 152 Å². The summed E-state index contributed by atoms with van der Waals surface area (Å²) in [6.45, 7) is 7.21. The number of hydrogen-bond donors (Lipinski definition) is 0. The molecule has 0 saturated carbocycles. The van der Waals surface area contributed by atoms with Gasteiger partial charge in [0.25, 0.3) is 5.82 Å². The minimum Gasteiger partial charge on any atom is -0.368 e. The highest BCUT2D eigenvalue weighted by molar-refractivity contribution is 7.13. The Kier molecular flexibility index (Phi) is 5.55. The van der Waals surface area contributed by atoms with E-state index in [1.807, 2.05) is 17.5 Å². The van der Waals surface area contributed by atoms with Crippen LogP contribution in [0, 0.1) is 6.92 Å². The van der Waals surface area contributed by atoms with Gasteiger partial charge in [-0.2, -0.15) is 0 Å². The van der Waals surface area contributed by atoms with Crippen LogP contribution in [0.2, 0.25) is 0 Å². The van der Waals surface area contributed by atoms with Crippen LogP contribution in [0.1, 0.15) is 12.7 Å². The lowest BCUT2D eigenvalue weighted by Gasteiger charge is -2.22. The van der Waals surface area contributed by atoms with Crippen LogP contribution in [0.5, 0.6) is 0 Å². The van der Waals surface area contributed by atoms with E-state index < -0.39 is 0 Å². The maximum Gasteiger partial charge on any atom is 0.253 e. The minimum atomic E-state index is 0.675. The van der Waals surface area contributed by atoms with Gasteiger partial charge in [0, 0.05) is 30.7 Å². The number of hydrogen-bond acceptors (Lipinski definition) is 5. The standard InChI is InChI=1S/C18H23N6S/c1-4-23(12-13-24-11-10-22(3)15(24)2)17-7-5-16(6-8-17)20-21-18-19-9-14-25-18/h5-11,14H,4,12-13H2,1-3H3/q+1/b21-20+. The van der Waals surface area contributed by atoms with Crippen molar-refractivity contribution in [1.82, 2.24) is 9.55 Å². The lowest BCUT2D eigenvalue weighted by Crippen LogP contribution is -2.31. The highest BCUT2D eigenvalue weighted by Gasteiger charge is 2.11. The molecule has 0 aliphatic carbocycles. The summed E-state index contributed by atoms with van der Waals surface area (Å²) in [4.78, 5) is 6.46.